The van der Waals surface area contributed by atoms with E-state index in [9.17, 15) is 14.4 Å². The van der Waals surface area contributed by atoms with Gasteiger partial charge in [0.25, 0.3) is 0 Å². The van der Waals surface area contributed by atoms with Crippen molar-refractivity contribution in [1.29, 1.82) is 0 Å². The Morgan fingerprint density at radius 2 is 1.38 bits per heavy atom. The van der Waals surface area contributed by atoms with E-state index in [0.29, 0.717) is 0 Å². The molecule has 1 radical (unpaired) electrons. The standard InChI is InChI=1S/C6H8O7.BH2O2/c7-3(8)1-2(5(10)11)4(9)6(12)13;2-1-3/h2,4,9H,1H2,(H,7,8)(H,10,11)(H,12,13);2-3H. The number of carbonyl (C=O) groups is 3. The van der Waals surface area contributed by atoms with E-state index in [2.05, 4.69) is 0 Å². The second-order valence-corrected chi connectivity index (χ2v) is 2.44. The number of hydrogen-bond donors (Lipinski definition) is 6. The van der Waals surface area contributed by atoms with Crippen LogP contribution in [0.1, 0.15) is 6.42 Å². The fourth-order valence-electron chi connectivity index (χ4n) is 0.694. The lowest BCUT2D eigenvalue weighted by atomic mass is 9.99. The van der Waals surface area contributed by atoms with Crippen molar-refractivity contribution in [3.05, 3.63) is 0 Å². The van der Waals surface area contributed by atoms with E-state index in [0.717, 1.165) is 0 Å². The van der Waals surface area contributed by atoms with Crippen LogP contribution in [-0.2, 0) is 14.4 Å². The average molecular weight is 237 g/mol. The van der Waals surface area contributed by atoms with E-state index in [1.54, 1.807) is 0 Å². The van der Waals surface area contributed by atoms with E-state index in [4.69, 9.17) is 30.5 Å². The minimum Gasteiger partial charge on any atom is -0.481 e. The highest BCUT2D eigenvalue weighted by molar-refractivity contribution is 6.13. The molecule has 0 aromatic carbocycles. The molecule has 0 fully saturated rings. The van der Waals surface area contributed by atoms with Crippen LogP contribution in [0.15, 0.2) is 0 Å². The largest absolute Gasteiger partial charge is 0.482 e. The van der Waals surface area contributed by atoms with Crippen LogP contribution in [0.25, 0.3) is 0 Å². The van der Waals surface area contributed by atoms with Gasteiger partial charge in [-0.2, -0.15) is 0 Å². The number of carboxylic acid groups (broad SMARTS) is 3. The van der Waals surface area contributed by atoms with Gasteiger partial charge in [-0.1, -0.05) is 0 Å². The highest BCUT2D eigenvalue weighted by Gasteiger charge is 2.33. The third-order valence-electron chi connectivity index (χ3n) is 1.35. The number of aliphatic hydroxyl groups is 1. The zero-order valence-corrected chi connectivity index (χ0v) is 7.85. The molecule has 0 aliphatic carbocycles. The molecule has 0 amide bonds. The van der Waals surface area contributed by atoms with Gasteiger partial charge in [-0.05, 0) is 0 Å². The maximum atomic E-state index is 10.3. The first-order chi connectivity index (χ1) is 7.27. The Hall–Kier alpha value is -1.65. The fourth-order valence-corrected chi connectivity index (χ4v) is 0.694. The highest BCUT2D eigenvalue weighted by Crippen LogP contribution is 2.09. The summed E-state index contributed by atoms with van der Waals surface area (Å²) in [5.74, 6) is -6.71. The van der Waals surface area contributed by atoms with Gasteiger partial charge in [-0.25, -0.2) is 4.79 Å². The molecule has 0 aliphatic heterocycles. The van der Waals surface area contributed by atoms with Gasteiger partial charge in [-0.3, -0.25) is 9.59 Å². The lowest BCUT2D eigenvalue weighted by Crippen LogP contribution is -2.36. The van der Waals surface area contributed by atoms with E-state index in [-0.39, 0.29) is 7.69 Å². The minimum atomic E-state index is -2.20. The van der Waals surface area contributed by atoms with Crippen LogP contribution in [0, 0.1) is 5.92 Å². The van der Waals surface area contributed by atoms with Gasteiger partial charge in [0.05, 0.1) is 6.42 Å². The molecule has 6 N–H and O–H groups in total. The first-order valence-corrected chi connectivity index (χ1v) is 3.73. The molecule has 0 bridgehead atoms. The zero-order valence-electron chi connectivity index (χ0n) is 7.85. The van der Waals surface area contributed by atoms with Crippen LogP contribution < -0.4 is 0 Å². The van der Waals surface area contributed by atoms with Crippen molar-refractivity contribution in [2.45, 2.75) is 12.5 Å². The molecule has 16 heavy (non-hydrogen) atoms. The van der Waals surface area contributed by atoms with Crippen molar-refractivity contribution in [1.82, 2.24) is 0 Å². The molecule has 91 valence electrons. The van der Waals surface area contributed by atoms with Crippen molar-refractivity contribution in [3.63, 3.8) is 0 Å². The lowest BCUT2D eigenvalue weighted by molar-refractivity contribution is -0.162. The molecule has 0 saturated carbocycles. The van der Waals surface area contributed by atoms with Crippen LogP contribution in [0.4, 0.5) is 0 Å². The fraction of sp³-hybridized carbons (Fsp3) is 0.500. The number of aliphatic carboxylic acids is 3. The van der Waals surface area contributed by atoms with Crippen molar-refractivity contribution in [3.8, 4) is 0 Å². The molecule has 0 spiro atoms. The summed E-state index contributed by atoms with van der Waals surface area (Å²) < 4.78 is 0. The van der Waals surface area contributed by atoms with Crippen LogP contribution in [0.2, 0.25) is 0 Å². The Morgan fingerprint density at radius 1 is 1.00 bits per heavy atom. The summed E-state index contributed by atoms with van der Waals surface area (Å²) in [5, 5.41) is 47.5. The average Bonchev–Trinajstić information content (AvgIpc) is 2.13. The number of rotatable bonds is 5. The summed E-state index contributed by atoms with van der Waals surface area (Å²) in [7, 11) is 0. The third-order valence-corrected chi connectivity index (χ3v) is 1.35. The Labute approximate surface area is 89.9 Å². The molecule has 2 unspecified atom stereocenters. The topological polar surface area (TPSA) is 173 Å². The van der Waals surface area contributed by atoms with Gasteiger partial charge in [0.2, 0.25) is 0 Å². The monoisotopic (exact) mass is 237 g/mol. The van der Waals surface area contributed by atoms with Crippen molar-refractivity contribution < 1.29 is 44.9 Å². The molecule has 0 heterocycles. The van der Waals surface area contributed by atoms with Gasteiger partial charge in [0.15, 0.2) is 6.10 Å². The van der Waals surface area contributed by atoms with Crippen LogP contribution in [0.3, 0.4) is 0 Å². The number of aliphatic hydroxyl groups excluding tert-OH is 1. The quantitative estimate of drug-likeness (QED) is 0.274. The van der Waals surface area contributed by atoms with Crippen molar-refractivity contribution >= 4 is 25.6 Å². The summed E-state index contributed by atoms with van der Waals surface area (Å²) in [6.07, 6.45) is -3.13. The van der Waals surface area contributed by atoms with Gasteiger partial charge in [0, 0.05) is 0 Å². The normalized spacial score (nSPS) is 12.7. The summed E-state index contributed by atoms with van der Waals surface area (Å²) in [4.78, 5) is 30.5. The highest BCUT2D eigenvalue weighted by atomic mass is 16.4. The first-order valence-electron chi connectivity index (χ1n) is 3.73. The van der Waals surface area contributed by atoms with Crippen molar-refractivity contribution in [2.24, 2.45) is 5.92 Å². The molecule has 0 rings (SSSR count). The van der Waals surface area contributed by atoms with Crippen LogP contribution in [-0.4, -0.2) is 62.2 Å². The smallest absolute Gasteiger partial charge is 0.481 e. The Bertz CT molecular complexity index is 252. The molecule has 2 atom stereocenters. The second kappa shape index (κ2) is 8.65. The van der Waals surface area contributed by atoms with Gasteiger partial charge < -0.3 is 30.5 Å². The van der Waals surface area contributed by atoms with Gasteiger partial charge >= 0.3 is 25.6 Å². The van der Waals surface area contributed by atoms with Crippen molar-refractivity contribution in [2.75, 3.05) is 0 Å². The SMILES string of the molecule is O=C(O)CC(C(=O)O)C(O)C(=O)O.O[B]O. The van der Waals surface area contributed by atoms with Gasteiger partial charge in [0.1, 0.15) is 5.92 Å². The Kier molecular flexibility index (Phi) is 9.06. The summed E-state index contributed by atoms with van der Waals surface area (Å²) >= 11 is 0. The molecule has 9 nitrogen and oxygen atoms in total. The maximum Gasteiger partial charge on any atom is 0.482 e. The molecule has 10 heteroatoms. The van der Waals surface area contributed by atoms with Gasteiger partial charge in [-0.15, -0.1) is 0 Å². The molecule has 0 saturated heterocycles. The van der Waals surface area contributed by atoms with E-state index >= 15 is 0 Å². The molecule has 0 aromatic rings. The van der Waals surface area contributed by atoms with E-state index in [1.807, 2.05) is 0 Å². The number of carboxylic acids is 3. The van der Waals surface area contributed by atoms with E-state index in [1.165, 1.54) is 0 Å². The zero-order chi connectivity index (χ0) is 13.3. The minimum absolute atomic E-state index is 0. The Morgan fingerprint density at radius 3 is 1.56 bits per heavy atom. The maximum absolute atomic E-state index is 10.3. The lowest BCUT2D eigenvalue weighted by Gasteiger charge is -2.12. The Balaban J connectivity index is 0. The molecule has 0 aromatic heterocycles. The molecule has 0 aliphatic rings. The summed E-state index contributed by atoms with van der Waals surface area (Å²) in [6.45, 7) is 0. The van der Waals surface area contributed by atoms with Crippen LogP contribution in [0.5, 0.6) is 0 Å². The predicted octanol–water partition coefficient (Wildman–Crippen LogP) is -2.89. The third kappa shape index (κ3) is 7.73. The van der Waals surface area contributed by atoms with Crippen LogP contribution >= 0.6 is 0 Å². The first kappa shape index (κ1) is 16.8. The predicted molar refractivity (Wildman–Crippen MR) is 47.2 cm³/mol. The number of hydrogen-bond acceptors (Lipinski definition) is 6. The summed E-state index contributed by atoms with van der Waals surface area (Å²) in [6, 6.07) is 0. The molecular formula is C6H10BO9. The van der Waals surface area contributed by atoms with E-state index < -0.39 is 36.4 Å². The second-order valence-electron chi connectivity index (χ2n) is 2.44. The summed E-state index contributed by atoms with van der Waals surface area (Å²) in [5.41, 5.74) is 0. The molecular weight excluding hydrogens is 227 g/mol.